The molecular weight excluding hydrogens is 452 g/mol. The molecule has 0 N–H and O–H groups in total. The van der Waals surface area contributed by atoms with Crippen LogP contribution in [0, 0.1) is 25.2 Å². The van der Waals surface area contributed by atoms with Crippen molar-refractivity contribution >= 4 is 17.7 Å². The quantitative estimate of drug-likeness (QED) is 0.224. The van der Waals surface area contributed by atoms with Gasteiger partial charge in [-0.3, -0.25) is 4.79 Å². The highest BCUT2D eigenvalue weighted by Crippen LogP contribution is 2.31. The monoisotopic (exact) mass is 482 g/mol. The molecule has 184 valence electrons. The second-order valence-electron chi connectivity index (χ2n) is 8.66. The lowest BCUT2D eigenvalue weighted by molar-refractivity contribution is -0.114. The zero-order valence-electron chi connectivity index (χ0n) is 20.9. The lowest BCUT2D eigenvalue weighted by Gasteiger charge is -2.16. The summed E-state index contributed by atoms with van der Waals surface area (Å²) in [5.74, 6) is 1.73. The molecule has 0 radical (unpaired) electrons. The van der Waals surface area contributed by atoms with Gasteiger partial charge in [0.05, 0.1) is 20.3 Å². The minimum atomic E-state index is -0.300. The Morgan fingerprint density at radius 3 is 2.56 bits per heavy atom. The first-order valence-corrected chi connectivity index (χ1v) is 12.0. The van der Waals surface area contributed by atoms with E-state index in [1.807, 2.05) is 42.5 Å². The van der Waals surface area contributed by atoms with E-state index < -0.39 is 0 Å². The first kappa shape index (κ1) is 24.9. The predicted octanol–water partition coefficient (Wildman–Crippen LogP) is 5.66. The summed E-state index contributed by atoms with van der Waals surface area (Å²) in [6, 6.07) is 21.3. The molecule has 0 spiro atoms. The van der Waals surface area contributed by atoms with E-state index in [-0.39, 0.29) is 11.5 Å². The molecule has 6 nitrogen and oxygen atoms in total. The maximum absolute atomic E-state index is 13.1. The number of ether oxygens (including phenoxy) is 3. The third kappa shape index (κ3) is 5.52. The van der Waals surface area contributed by atoms with Crippen LogP contribution >= 0.6 is 0 Å². The van der Waals surface area contributed by atoms with Gasteiger partial charge in [0.25, 0.3) is 5.91 Å². The van der Waals surface area contributed by atoms with Crippen molar-refractivity contribution in [2.75, 3.05) is 31.8 Å². The normalized spacial score (nSPS) is 12.6. The van der Waals surface area contributed by atoms with Crippen LogP contribution in [0.25, 0.3) is 6.08 Å². The highest BCUT2D eigenvalue weighted by Gasteiger charge is 2.26. The Balaban J connectivity index is 1.38. The molecule has 0 atom stereocenters. The van der Waals surface area contributed by atoms with Gasteiger partial charge in [0.15, 0.2) is 11.5 Å². The fraction of sp³-hybridized carbons (Fsp3) is 0.267. The maximum Gasteiger partial charge on any atom is 0.268 e. The van der Waals surface area contributed by atoms with Gasteiger partial charge in [-0.05, 0) is 72.9 Å². The first-order chi connectivity index (χ1) is 17.5. The van der Waals surface area contributed by atoms with Crippen molar-refractivity contribution in [1.82, 2.24) is 0 Å². The Morgan fingerprint density at radius 1 is 1.00 bits per heavy atom. The Kier molecular flexibility index (Phi) is 7.92. The van der Waals surface area contributed by atoms with Crippen LogP contribution in [0.3, 0.4) is 0 Å². The second-order valence-corrected chi connectivity index (χ2v) is 8.66. The molecule has 0 aliphatic carbocycles. The fourth-order valence-electron chi connectivity index (χ4n) is 4.20. The largest absolute Gasteiger partial charge is 0.493 e. The number of carbonyl (C=O) groups is 1. The average molecular weight is 483 g/mol. The molecule has 1 heterocycles. The molecule has 1 aliphatic heterocycles. The van der Waals surface area contributed by atoms with Crippen LogP contribution in [0.5, 0.6) is 17.2 Å². The van der Waals surface area contributed by atoms with Crippen molar-refractivity contribution < 1.29 is 19.0 Å². The molecule has 1 aliphatic rings. The smallest absolute Gasteiger partial charge is 0.268 e. The fourth-order valence-corrected chi connectivity index (χ4v) is 4.20. The molecule has 3 aromatic carbocycles. The maximum atomic E-state index is 13.1. The molecule has 0 unspecified atom stereocenters. The van der Waals surface area contributed by atoms with Gasteiger partial charge in [-0.25, -0.2) is 0 Å². The van der Waals surface area contributed by atoms with Crippen molar-refractivity contribution in [3.05, 3.63) is 88.5 Å². The third-order valence-corrected chi connectivity index (χ3v) is 6.34. The number of fused-ring (bicyclic) bond motifs is 1. The number of rotatable bonds is 9. The number of amides is 1. The van der Waals surface area contributed by atoms with Gasteiger partial charge in [0.2, 0.25) is 0 Å². The van der Waals surface area contributed by atoms with Crippen LogP contribution in [-0.4, -0.2) is 32.8 Å². The summed E-state index contributed by atoms with van der Waals surface area (Å²) < 4.78 is 17.3. The van der Waals surface area contributed by atoms with E-state index in [0.29, 0.717) is 43.2 Å². The summed E-state index contributed by atoms with van der Waals surface area (Å²) in [6.07, 6.45) is 3.09. The minimum absolute atomic E-state index is 0.0750. The van der Waals surface area contributed by atoms with E-state index in [0.717, 1.165) is 29.0 Å². The van der Waals surface area contributed by atoms with Gasteiger partial charge in [0, 0.05) is 18.7 Å². The van der Waals surface area contributed by atoms with Crippen molar-refractivity contribution in [2.45, 2.75) is 26.7 Å². The van der Waals surface area contributed by atoms with E-state index in [1.165, 1.54) is 5.56 Å². The molecule has 4 rings (SSSR count). The molecule has 0 saturated heterocycles. The van der Waals surface area contributed by atoms with E-state index in [4.69, 9.17) is 14.2 Å². The molecule has 1 amide bonds. The minimum Gasteiger partial charge on any atom is -0.493 e. The lowest BCUT2D eigenvalue weighted by Crippen LogP contribution is -2.29. The van der Waals surface area contributed by atoms with E-state index in [1.54, 1.807) is 30.2 Å². The SMILES string of the molecule is COc1cc(C=C(C#N)C(=O)N2CCc3ccccc32)ccc1OCCCOc1cccc(C)c1C. The van der Waals surface area contributed by atoms with Gasteiger partial charge in [0.1, 0.15) is 17.4 Å². The molecule has 0 saturated carbocycles. The number of para-hydroxylation sites is 1. The number of nitrogens with zero attached hydrogens (tertiary/aromatic N) is 2. The number of carbonyl (C=O) groups excluding carboxylic acids is 1. The van der Waals surface area contributed by atoms with Crippen molar-refractivity contribution in [3.8, 4) is 23.3 Å². The summed E-state index contributed by atoms with van der Waals surface area (Å²) in [5.41, 5.74) is 5.10. The van der Waals surface area contributed by atoms with Crippen molar-refractivity contribution in [2.24, 2.45) is 0 Å². The summed E-state index contributed by atoms with van der Waals surface area (Å²) in [5, 5.41) is 9.69. The Bertz CT molecular complexity index is 1320. The number of methoxy groups -OCH3 is 1. The molecular formula is C30H30N2O4. The predicted molar refractivity (Wildman–Crippen MR) is 141 cm³/mol. The van der Waals surface area contributed by atoms with Gasteiger partial charge < -0.3 is 19.1 Å². The lowest BCUT2D eigenvalue weighted by atomic mass is 10.1. The average Bonchev–Trinajstić information content (AvgIpc) is 3.33. The zero-order chi connectivity index (χ0) is 25.5. The molecule has 6 heteroatoms. The van der Waals surface area contributed by atoms with Crippen LogP contribution < -0.4 is 19.1 Å². The van der Waals surface area contributed by atoms with Crippen molar-refractivity contribution in [3.63, 3.8) is 0 Å². The van der Waals surface area contributed by atoms with Gasteiger partial charge in [-0.2, -0.15) is 5.26 Å². The Morgan fingerprint density at radius 2 is 1.78 bits per heavy atom. The summed E-state index contributed by atoms with van der Waals surface area (Å²) in [6.45, 7) is 5.70. The topological polar surface area (TPSA) is 71.8 Å². The summed E-state index contributed by atoms with van der Waals surface area (Å²) in [4.78, 5) is 14.7. The number of anilines is 1. The summed E-state index contributed by atoms with van der Waals surface area (Å²) in [7, 11) is 1.57. The molecule has 3 aromatic rings. The molecule has 0 bridgehead atoms. The second kappa shape index (κ2) is 11.5. The molecule has 36 heavy (non-hydrogen) atoms. The zero-order valence-corrected chi connectivity index (χ0v) is 20.9. The Labute approximate surface area is 212 Å². The van der Waals surface area contributed by atoms with Crippen LogP contribution in [0.15, 0.2) is 66.2 Å². The summed E-state index contributed by atoms with van der Waals surface area (Å²) >= 11 is 0. The first-order valence-electron chi connectivity index (χ1n) is 12.0. The number of aryl methyl sites for hydroxylation is 1. The number of nitriles is 1. The van der Waals surface area contributed by atoms with Gasteiger partial charge >= 0.3 is 0 Å². The van der Waals surface area contributed by atoms with Crippen LogP contribution in [0.1, 0.15) is 28.7 Å². The van der Waals surface area contributed by atoms with Crippen LogP contribution in [0.4, 0.5) is 5.69 Å². The van der Waals surface area contributed by atoms with Gasteiger partial charge in [-0.15, -0.1) is 0 Å². The number of hydrogen-bond donors (Lipinski definition) is 0. The number of benzene rings is 3. The Hall–Kier alpha value is -4.24. The van der Waals surface area contributed by atoms with Crippen LogP contribution in [-0.2, 0) is 11.2 Å². The third-order valence-electron chi connectivity index (χ3n) is 6.34. The van der Waals surface area contributed by atoms with E-state index >= 15 is 0 Å². The van der Waals surface area contributed by atoms with Gasteiger partial charge in [-0.1, -0.05) is 36.4 Å². The molecule has 0 fully saturated rings. The van der Waals surface area contributed by atoms with Crippen molar-refractivity contribution in [1.29, 1.82) is 5.26 Å². The number of hydrogen-bond acceptors (Lipinski definition) is 5. The van der Waals surface area contributed by atoms with E-state index in [2.05, 4.69) is 26.0 Å². The molecule has 0 aromatic heterocycles. The highest BCUT2D eigenvalue weighted by molar-refractivity contribution is 6.12. The van der Waals surface area contributed by atoms with Crippen LogP contribution in [0.2, 0.25) is 0 Å². The highest BCUT2D eigenvalue weighted by atomic mass is 16.5. The van der Waals surface area contributed by atoms with E-state index in [9.17, 15) is 10.1 Å². The standard InChI is InChI=1S/C30H30N2O4/c1-21-8-6-11-27(22(21)2)35-16-7-17-36-28-13-12-23(19-29(28)34-3)18-25(20-31)30(33)32-15-14-24-9-4-5-10-26(24)32/h4-6,8-13,18-19H,7,14-17H2,1-3H3.